The van der Waals surface area contributed by atoms with Crippen LogP contribution < -0.4 is 10.2 Å². The van der Waals surface area contributed by atoms with E-state index < -0.39 is 0 Å². The first-order chi connectivity index (χ1) is 10.1. The number of nitrogens with one attached hydrogen (secondary N) is 1. The molecule has 1 heterocycles. The maximum absolute atomic E-state index is 3.52. The molecular formula is C18H26N2S. The number of anilines is 1. The molecule has 21 heavy (non-hydrogen) atoms. The minimum absolute atomic E-state index is 0.401. The summed E-state index contributed by atoms with van der Waals surface area (Å²) in [4.78, 5) is 3.79. The lowest BCUT2D eigenvalue weighted by atomic mass is 10.1. The number of thiophene rings is 1. The number of nitrogens with zero attached hydrogens (tertiary/aromatic N) is 1. The fourth-order valence-corrected chi connectivity index (χ4v) is 3.35. The first-order valence-corrected chi connectivity index (χ1v) is 8.58. The highest BCUT2D eigenvalue weighted by molar-refractivity contribution is 7.10. The van der Waals surface area contributed by atoms with Gasteiger partial charge in [-0.25, -0.2) is 0 Å². The van der Waals surface area contributed by atoms with Crippen LogP contribution in [-0.2, 0) is 6.54 Å². The summed E-state index contributed by atoms with van der Waals surface area (Å²) in [6.07, 6.45) is 1.17. The second-order valence-corrected chi connectivity index (χ2v) is 6.59. The molecule has 1 N–H and O–H groups in total. The summed E-state index contributed by atoms with van der Waals surface area (Å²) < 4.78 is 0. The molecule has 1 unspecified atom stereocenters. The molecule has 1 aromatic heterocycles. The van der Waals surface area contributed by atoms with Crippen LogP contribution in [0, 0.1) is 6.92 Å². The highest BCUT2D eigenvalue weighted by atomic mass is 32.1. The van der Waals surface area contributed by atoms with E-state index in [2.05, 4.69) is 73.7 Å². The van der Waals surface area contributed by atoms with Crippen LogP contribution in [0.5, 0.6) is 0 Å². The monoisotopic (exact) mass is 302 g/mol. The predicted octanol–water partition coefficient (Wildman–Crippen LogP) is 4.75. The molecule has 2 nitrogen and oxygen atoms in total. The Morgan fingerprint density at radius 2 is 2.10 bits per heavy atom. The van der Waals surface area contributed by atoms with Crippen LogP contribution in [0.25, 0.3) is 0 Å². The van der Waals surface area contributed by atoms with Gasteiger partial charge in [-0.15, -0.1) is 11.3 Å². The van der Waals surface area contributed by atoms with E-state index in [0.29, 0.717) is 6.04 Å². The van der Waals surface area contributed by atoms with Crippen LogP contribution in [0.2, 0.25) is 0 Å². The van der Waals surface area contributed by atoms with E-state index >= 15 is 0 Å². The van der Waals surface area contributed by atoms with Crippen LogP contribution in [0.1, 0.15) is 42.3 Å². The smallest absolute Gasteiger partial charge is 0.0603 e. The summed E-state index contributed by atoms with van der Waals surface area (Å²) in [5, 5.41) is 5.67. The summed E-state index contributed by atoms with van der Waals surface area (Å²) in [6, 6.07) is 11.5. The van der Waals surface area contributed by atoms with Crippen molar-refractivity contribution in [1.82, 2.24) is 5.32 Å². The lowest BCUT2D eigenvalue weighted by molar-refractivity contribution is 0.668. The van der Waals surface area contributed by atoms with Gasteiger partial charge >= 0.3 is 0 Å². The summed E-state index contributed by atoms with van der Waals surface area (Å²) in [7, 11) is 2.19. The third-order valence-electron chi connectivity index (χ3n) is 3.89. The molecule has 0 fully saturated rings. The van der Waals surface area contributed by atoms with Gasteiger partial charge in [0.25, 0.3) is 0 Å². The Bertz CT molecular complexity index is 548. The van der Waals surface area contributed by atoms with Gasteiger partial charge in [0, 0.05) is 24.2 Å². The number of benzene rings is 1. The van der Waals surface area contributed by atoms with Gasteiger partial charge in [0.15, 0.2) is 0 Å². The summed E-state index contributed by atoms with van der Waals surface area (Å²) >= 11 is 1.83. The van der Waals surface area contributed by atoms with Gasteiger partial charge < -0.3 is 10.2 Å². The second-order valence-electron chi connectivity index (χ2n) is 5.61. The topological polar surface area (TPSA) is 15.3 Å². The Balaban J connectivity index is 2.21. The van der Waals surface area contributed by atoms with Crippen molar-refractivity contribution in [3.8, 4) is 0 Å². The quantitative estimate of drug-likeness (QED) is 0.742. The summed E-state index contributed by atoms with van der Waals surface area (Å²) in [5.41, 5.74) is 4.03. The van der Waals surface area contributed by atoms with E-state index in [-0.39, 0.29) is 0 Å². The zero-order valence-electron chi connectivity index (χ0n) is 13.5. The molecule has 1 atom stereocenters. The first-order valence-electron chi connectivity index (χ1n) is 7.70. The molecule has 0 saturated carbocycles. The molecule has 0 spiro atoms. The average Bonchev–Trinajstić information content (AvgIpc) is 3.00. The van der Waals surface area contributed by atoms with Crippen molar-refractivity contribution in [3.63, 3.8) is 0 Å². The van der Waals surface area contributed by atoms with Crippen molar-refractivity contribution >= 4 is 17.0 Å². The maximum atomic E-state index is 3.52. The Morgan fingerprint density at radius 1 is 1.29 bits per heavy atom. The molecule has 0 aliphatic rings. The molecule has 0 aliphatic carbocycles. The van der Waals surface area contributed by atoms with Crippen molar-refractivity contribution in [2.45, 2.75) is 39.8 Å². The summed E-state index contributed by atoms with van der Waals surface area (Å²) in [6.45, 7) is 8.64. The molecule has 1 aromatic carbocycles. The van der Waals surface area contributed by atoms with E-state index in [1.165, 1.54) is 28.1 Å². The third kappa shape index (κ3) is 4.08. The lowest BCUT2D eigenvalue weighted by Crippen LogP contribution is -2.24. The van der Waals surface area contributed by atoms with E-state index in [4.69, 9.17) is 0 Å². The molecule has 0 radical (unpaired) electrons. The van der Waals surface area contributed by atoms with Gasteiger partial charge in [0.2, 0.25) is 0 Å². The number of hydrogen-bond acceptors (Lipinski definition) is 3. The minimum Gasteiger partial charge on any atom is -0.367 e. The molecule has 0 bridgehead atoms. The predicted molar refractivity (Wildman–Crippen MR) is 94.3 cm³/mol. The number of aryl methyl sites for hydroxylation is 1. The molecule has 2 aromatic rings. The maximum Gasteiger partial charge on any atom is 0.0603 e. The Hall–Kier alpha value is -1.32. The number of hydrogen-bond donors (Lipinski definition) is 1. The molecular weight excluding hydrogens is 276 g/mol. The van der Waals surface area contributed by atoms with Gasteiger partial charge in [-0.1, -0.05) is 30.7 Å². The zero-order valence-corrected chi connectivity index (χ0v) is 14.3. The Morgan fingerprint density at radius 3 is 2.76 bits per heavy atom. The van der Waals surface area contributed by atoms with Crippen LogP contribution in [0.15, 0.2) is 35.7 Å². The van der Waals surface area contributed by atoms with Crippen molar-refractivity contribution in [2.75, 3.05) is 18.5 Å². The summed E-state index contributed by atoms with van der Waals surface area (Å²) in [5.74, 6) is 0. The lowest BCUT2D eigenvalue weighted by Gasteiger charge is -2.29. The Labute approximate surface area is 132 Å². The minimum atomic E-state index is 0.401. The van der Waals surface area contributed by atoms with Crippen molar-refractivity contribution in [2.24, 2.45) is 0 Å². The largest absolute Gasteiger partial charge is 0.367 e. The van der Waals surface area contributed by atoms with Gasteiger partial charge in [0.1, 0.15) is 0 Å². The molecule has 2 rings (SSSR count). The van der Waals surface area contributed by atoms with Gasteiger partial charge in [-0.2, -0.15) is 0 Å². The van der Waals surface area contributed by atoms with E-state index in [1.54, 1.807) is 0 Å². The average molecular weight is 302 g/mol. The molecule has 3 heteroatoms. The van der Waals surface area contributed by atoms with E-state index in [9.17, 15) is 0 Å². The fraction of sp³-hybridized carbons (Fsp3) is 0.444. The van der Waals surface area contributed by atoms with Crippen LogP contribution in [-0.4, -0.2) is 13.6 Å². The van der Waals surface area contributed by atoms with E-state index in [0.717, 1.165) is 13.1 Å². The molecule has 0 saturated heterocycles. The van der Waals surface area contributed by atoms with Crippen LogP contribution in [0.4, 0.5) is 5.69 Å². The molecule has 0 amide bonds. The highest BCUT2D eigenvalue weighted by Gasteiger charge is 2.16. The van der Waals surface area contributed by atoms with Crippen molar-refractivity contribution in [1.29, 1.82) is 0 Å². The second kappa shape index (κ2) is 7.62. The first kappa shape index (κ1) is 16.1. The van der Waals surface area contributed by atoms with Gasteiger partial charge in [-0.3, -0.25) is 0 Å². The Kier molecular flexibility index (Phi) is 5.83. The SMILES string of the molecule is CCCNCc1cc(C)ccc1N(C)C(C)c1cccs1. The van der Waals surface area contributed by atoms with E-state index in [1.807, 2.05) is 11.3 Å². The normalized spacial score (nSPS) is 12.4. The van der Waals surface area contributed by atoms with Crippen LogP contribution >= 0.6 is 11.3 Å². The standard InChI is InChI=1S/C18H26N2S/c1-5-10-19-13-16-12-14(2)8-9-17(16)20(4)15(3)18-7-6-11-21-18/h6-9,11-12,15,19H,5,10,13H2,1-4H3. The number of rotatable bonds is 7. The van der Waals surface area contributed by atoms with Crippen LogP contribution in [0.3, 0.4) is 0 Å². The molecule has 114 valence electrons. The van der Waals surface area contributed by atoms with Crippen molar-refractivity contribution in [3.05, 3.63) is 51.7 Å². The van der Waals surface area contributed by atoms with Gasteiger partial charge in [-0.05, 0) is 49.9 Å². The van der Waals surface area contributed by atoms with Gasteiger partial charge in [0.05, 0.1) is 6.04 Å². The fourth-order valence-electron chi connectivity index (χ4n) is 2.53. The molecule has 0 aliphatic heterocycles. The highest BCUT2D eigenvalue weighted by Crippen LogP contribution is 2.30. The zero-order chi connectivity index (χ0) is 15.2. The van der Waals surface area contributed by atoms with Crippen molar-refractivity contribution < 1.29 is 0 Å². The third-order valence-corrected chi connectivity index (χ3v) is 4.94.